The van der Waals surface area contributed by atoms with Gasteiger partial charge in [-0.05, 0) is 17.7 Å². The lowest BCUT2D eigenvalue weighted by atomic mass is 10.1. The molecular formula is C17H13F5N2O2. The van der Waals surface area contributed by atoms with Crippen molar-refractivity contribution in [2.45, 2.75) is 19.5 Å². The van der Waals surface area contributed by atoms with Crippen molar-refractivity contribution in [3.8, 4) is 0 Å². The summed E-state index contributed by atoms with van der Waals surface area (Å²) in [4.78, 5) is 23.2. The molecule has 0 aliphatic heterocycles. The molecule has 0 aliphatic carbocycles. The van der Waals surface area contributed by atoms with Crippen LogP contribution in [-0.2, 0) is 22.2 Å². The summed E-state index contributed by atoms with van der Waals surface area (Å²) >= 11 is 0. The second-order valence-corrected chi connectivity index (χ2v) is 5.41. The Morgan fingerprint density at radius 1 is 0.923 bits per heavy atom. The van der Waals surface area contributed by atoms with Crippen molar-refractivity contribution in [1.82, 2.24) is 0 Å². The van der Waals surface area contributed by atoms with Crippen molar-refractivity contribution in [3.05, 3.63) is 59.2 Å². The van der Waals surface area contributed by atoms with Gasteiger partial charge in [0.15, 0.2) is 11.6 Å². The summed E-state index contributed by atoms with van der Waals surface area (Å²) in [5, 5.41) is 4.54. The van der Waals surface area contributed by atoms with Gasteiger partial charge in [0.1, 0.15) is 0 Å². The highest BCUT2D eigenvalue weighted by molar-refractivity contribution is 5.99. The van der Waals surface area contributed by atoms with E-state index in [0.29, 0.717) is 17.7 Å². The van der Waals surface area contributed by atoms with Crippen LogP contribution in [-0.4, -0.2) is 11.8 Å². The molecule has 0 spiro atoms. The maximum Gasteiger partial charge on any atom is 0.416 e. The first kappa shape index (κ1) is 19.4. The molecule has 26 heavy (non-hydrogen) atoms. The first-order valence-corrected chi connectivity index (χ1v) is 7.29. The quantitative estimate of drug-likeness (QED) is 0.793. The molecule has 2 N–H and O–H groups in total. The van der Waals surface area contributed by atoms with Crippen LogP contribution in [0.1, 0.15) is 18.1 Å². The van der Waals surface area contributed by atoms with E-state index in [1.807, 2.05) is 0 Å². The minimum Gasteiger partial charge on any atom is -0.324 e. The summed E-state index contributed by atoms with van der Waals surface area (Å²) in [6, 6.07) is 5.37. The lowest BCUT2D eigenvalue weighted by Gasteiger charge is -2.12. The molecule has 2 rings (SSSR count). The van der Waals surface area contributed by atoms with Gasteiger partial charge in [0.25, 0.3) is 0 Å². The highest BCUT2D eigenvalue weighted by atomic mass is 19.4. The van der Waals surface area contributed by atoms with E-state index >= 15 is 0 Å². The van der Waals surface area contributed by atoms with Crippen LogP contribution in [0.4, 0.5) is 33.3 Å². The number of hydrogen-bond acceptors (Lipinski definition) is 2. The topological polar surface area (TPSA) is 58.2 Å². The van der Waals surface area contributed by atoms with Gasteiger partial charge >= 0.3 is 6.18 Å². The molecule has 9 heteroatoms. The highest BCUT2D eigenvalue weighted by Crippen LogP contribution is 2.29. The molecule has 0 fully saturated rings. The number of carbonyl (C=O) groups excluding carboxylic acids is 2. The summed E-state index contributed by atoms with van der Waals surface area (Å²) in [6.45, 7) is 1.15. The lowest BCUT2D eigenvalue weighted by molar-refractivity contribution is -0.137. The van der Waals surface area contributed by atoms with Crippen LogP contribution in [0.15, 0.2) is 36.4 Å². The Morgan fingerprint density at radius 2 is 1.42 bits per heavy atom. The molecule has 0 saturated carbocycles. The number of amides is 2. The molecule has 2 amide bonds. The third-order valence-corrected chi connectivity index (χ3v) is 3.29. The zero-order valence-electron chi connectivity index (χ0n) is 13.4. The van der Waals surface area contributed by atoms with E-state index in [2.05, 4.69) is 10.6 Å². The van der Waals surface area contributed by atoms with E-state index in [0.717, 1.165) is 31.2 Å². The number of carbonyl (C=O) groups is 2. The van der Waals surface area contributed by atoms with Gasteiger partial charge in [-0.2, -0.15) is 13.2 Å². The molecule has 0 unspecified atom stereocenters. The smallest absolute Gasteiger partial charge is 0.324 e. The van der Waals surface area contributed by atoms with Crippen molar-refractivity contribution in [3.63, 3.8) is 0 Å². The van der Waals surface area contributed by atoms with Crippen LogP contribution in [0.5, 0.6) is 0 Å². The van der Waals surface area contributed by atoms with Crippen LogP contribution in [0, 0.1) is 11.6 Å². The third kappa shape index (κ3) is 5.01. The number of rotatable bonds is 4. The zero-order valence-corrected chi connectivity index (χ0v) is 13.4. The monoisotopic (exact) mass is 372 g/mol. The van der Waals surface area contributed by atoms with Gasteiger partial charge in [-0.15, -0.1) is 0 Å². The van der Waals surface area contributed by atoms with E-state index in [-0.39, 0.29) is 17.8 Å². The Labute approximate surface area is 145 Å². The molecule has 138 valence electrons. The second-order valence-electron chi connectivity index (χ2n) is 5.41. The fraction of sp³-hybridized carbons (Fsp3) is 0.176. The summed E-state index contributed by atoms with van der Waals surface area (Å²) in [5.41, 5.74) is -0.873. The van der Waals surface area contributed by atoms with Crippen molar-refractivity contribution >= 4 is 23.2 Å². The summed E-state index contributed by atoms with van der Waals surface area (Å²) < 4.78 is 64.2. The summed E-state index contributed by atoms with van der Waals surface area (Å²) in [6.07, 6.45) is -4.78. The number of halogens is 5. The molecule has 4 nitrogen and oxygen atoms in total. The maximum atomic E-state index is 13.4. The van der Waals surface area contributed by atoms with Crippen LogP contribution < -0.4 is 10.6 Å². The minimum atomic E-state index is -4.49. The normalized spacial score (nSPS) is 11.2. The van der Waals surface area contributed by atoms with E-state index in [4.69, 9.17) is 0 Å². The standard InChI is InChI=1S/C17H13F5N2O2/c1-9(25)23-14-7-12(18)13(19)8-15(14)24-16(26)6-10-2-4-11(5-3-10)17(20,21)22/h2-5,7-8H,6H2,1H3,(H,23,25)(H,24,26). The summed E-state index contributed by atoms with van der Waals surface area (Å²) in [5.74, 6) is -3.69. The minimum absolute atomic E-state index is 0.142. The van der Waals surface area contributed by atoms with E-state index in [1.165, 1.54) is 0 Å². The molecule has 0 saturated heterocycles. The van der Waals surface area contributed by atoms with E-state index in [9.17, 15) is 31.5 Å². The third-order valence-electron chi connectivity index (χ3n) is 3.29. The van der Waals surface area contributed by atoms with Crippen LogP contribution in [0.3, 0.4) is 0 Å². The van der Waals surface area contributed by atoms with Crippen molar-refractivity contribution < 1.29 is 31.5 Å². The van der Waals surface area contributed by atoms with Crippen LogP contribution in [0.2, 0.25) is 0 Å². The van der Waals surface area contributed by atoms with Gasteiger partial charge in [-0.1, -0.05) is 12.1 Å². The second kappa shape index (κ2) is 7.51. The van der Waals surface area contributed by atoms with Crippen molar-refractivity contribution in [1.29, 1.82) is 0 Å². The Balaban J connectivity index is 2.14. The van der Waals surface area contributed by atoms with Crippen LogP contribution >= 0.6 is 0 Å². The van der Waals surface area contributed by atoms with Gasteiger partial charge in [0, 0.05) is 19.1 Å². The highest BCUT2D eigenvalue weighted by Gasteiger charge is 2.30. The number of hydrogen-bond donors (Lipinski definition) is 2. The van der Waals surface area contributed by atoms with E-state index < -0.39 is 35.2 Å². The van der Waals surface area contributed by atoms with Gasteiger partial charge < -0.3 is 10.6 Å². The Hall–Kier alpha value is -2.97. The number of benzene rings is 2. The fourth-order valence-electron chi connectivity index (χ4n) is 2.13. The maximum absolute atomic E-state index is 13.4. The Kier molecular flexibility index (Phi) is 5.59. The molecule has 0 bridgehead atoms. The number of nitrogens with one attached hydrogen (secondary N) is 2. The predicted molar refractivity (Wildman–Crippen MR) is 84.4 cm³/mol. The van der Waals surface area contributed by atoms with Gasteiger partial charge in [0.2, 0.25) is 11.8 Å². The first-order chi connectivity index (χ1) is 12.1. The summed E-state index contributed by atoms with van der Waals surface area (Å²) in [7, 11) is 0. The molecule has 0 atom stereocenters. The molecule has 0 radical (unpaired) electrons. The van der Waals surface area contributed by atoms with Gasteiger partial charge in [-0.25, -0.2) is 8.78 Å². The predicted octanol–water partition coefficient (Wildman–Crippen LogP) is 4.12. The average molecular weight is 372 g/mol. The van der Waals surface area contributed by atoms with Crippen molar-refractivity contribution in [2.24, 2.45) is 0 Å². The first-order valence-electron chi connectivity index (χ1n) is 7.29. The van der Waals surface area contributed by atoms with Gasteiger partial charge in [-0.3, -0.25) is 9.59 Å². The molecule has 0 aliphatic rings. The lowest BCUT2D eigenvalue weighted by Crippen LogP contribution is -2.17. The fourth-order valence-corrected chi connectivity index (χ4v) is 2.13. The van der Waals surface area contributed by atoms with E-state index in [1.54, 1.807) is 0 Å². The Morgan fingerprint density at radius 3 is 1.88 bits per heavy atom. The van der Waals surface area contributed by atoms with Crippen molar-refractivity contribution in [2.75, 3.05) is 10.6 Å². The largest absolute Gasteiger partial charge is 0.416 e. The molecular weight excluding hydrogens is 359 g/mol. The molecule has 0 heterocycles. The Bertz CT molecular complexity index is 832. The van der Waals surface area contributed by atoms with Crippen LogP contribution in [0.25, 0.3) is 0 Å². The average Bonchev–Trinajstić information content (AvgIpc) is 2.51. The van der Waals surface area contributed by atoms with Gasteiger partial charge in [0.05, 0.1) is 23.4 Å². The molecule has 0 aromatic heterocycles. The number of alkyl halides is 3. The number of anilines is 2. The molecule has 2 aromatic carbocycles. The molecule has 2 aromatic rings. The SMILES string of the molecule is CC(=O)Nc1cc(F)c(F)cc1NC(=O)Cc1ccc(C(F)(F)F)cc1. The zero-order chi connectivity index (χ0) is 19.5.